The highest BCUT2D eigenvalue weighted by Crippen LogP contribution is 2.24. The van der Waals surface area contributed by atoms with Gasteiger partial charge in [0.15, 0.2) is 0 Å². The van der Waals surface area contributed by atoms with Crippen LogP contribution in [-0.4, -0.2) is 13.2 Å². The van der Waals surface area contributed by atoms with E-state index in [1.807, 2.05) is 24.3 Å². The molecule has 0 aliphatic heterocycles. The number of methoxy groups -OCH3 is 1. The molecule has 2 rings (SSSR count). The molecule has 2 N–H and O–H groups in total. The van der Waals surface area contributed by atoms with Gasteiger partial charge >= 0.3 is 0 Å². The lowest BCUT2D eigenvalue weighted by molar-refractivity contribution is 0.407. The van der Waals surface area contributed by atoms with Gasteiger partial charge in [0.1, 0.15) is 5.75 Å². The minimum absolute atomic E-state index is 0.0284. The Morgan fingerprint density at radius 3 is 2.43 bits per heavy atom. The number of aryl methyl sites for hydroxylation is 1. The van der Waals surface area contributed by atoms with Crippen molar-refractivity contribution in [3.63, 3.8) is 0 Å². The number of ether oxygens (including phenoxy) is 1. The summed E-state index contributed by atoms with van der Waals surface area (Å²) in [4.78, 5) is 0. The molecule has 0 aromatic heterocycles. The Morgan fingerprint density at radius 2 is 1.76 bits per heavy atom. The average Bonchev–Trinajstić information content (AvgIpc) is 2.42. The van der Waals surface area contributed by atoms with E-state index >= 15 is 0 Å². The van der Waals surface area contributed by atoms with Crippen molar-refractivity contribution >= 4 is 23.2 Å². The molecule has 0 bridgehead atoms. The predicted octanol–water partition coefficient (Wildman–Crippen LogP) is 4.42. The van der Waals surface area contributed by atoms with Crippen LogP contribution in [0.25, 0.3) is 0 Å². The van der Waals surface area contributed by atoms with Gasteiger partial charge in [-0.15, -0.1) is 0 Å². The number of rotatable bonds is 5. The third-order valence-corrected chi connectivity index (χ3v) is 4.00. The summed E-state index contributed by atoms with van der Waals surface area (Å²) in [5, 5.41) is 1.30. The molecule has 2 nitrogen and oxygen atoms in total. The van der Waals surface area contributed by atoms with Gasteiger partial charge in [-0.2, -0.15) is 0 Å². The van der Waals surface area contributed by atoms with E-state index < -0.39 is 0 Å². The largest absolute Gasteiger partial charge is 0.496 e. The van der Waals surface area contributed by atoms with Crippen LogP contribution in [0.1, 0.15) is 16.7 Å². The van der Waals surface area contributed by atoms with Crippen LogP contribution in [0.15, 0.2) is 36.4 Å². The van der Waals surface area contributed by atoms with Crippen molar-refractivity contribution in [2.75, 3.05) is 7.11 Å². The minimum atomic E-state index is -0.0284. The second-order valence-corrected chi connectivity index (χ2v) is 6.06. The summed E-state index contributed by atoms with van der Waals surface area (Å²) in [6, 6.07) is 11.6. The van der Waals surface area contributed by atoms with Crippen molar-refractivity contribution in [1.29, 1.82) is 0 Å². The number of hydrogen-bond donors (Lipinski definition) is 1. The lowest BCUT2D eigenvalue weighted by Gasteiger charge is -2.16. The van der Waals surface area contributed by atoms with Crippen LogP contribution in [0.2, 0.25) is 10.0 Å². The molecule has 0 heterocycles. The molecule has 0 saturated heterocycles. The molecule has 112 valence electrons. The summed E-state index contributed by atoms with van der Waals surface area (Å²) in [6.45, 7) is 2.06. The Kier molecular flexibility index (Phi) is 5.51. The Balaban J connectivity index is 2.11. The van der Waals surface area contributed by atoms with Gasteiger partial charge < -0.3 is 10.5 Å². The molecule has 0 amide bonds. The summed E-state index contributed by atoms with van der Waals surface area (Å²) >= 11 is 12.1. The predicted molar refractivity (Wildman–Crippen MR) is 89.6 cm³/mol. The van der Waals surface area contributed by atoms with E-state index in [-0.39, 0.29) is 6.04 Å². The van der Waals surface area contributed by atoms with E-state index in [1.165, 1.54) is 5.56 Å². The first-order valence-corrected chi connectivity index (χ1v) is 7.58. The summed E-state index contributed by atoms with van der Waals surface area (Å²) in [6.07, 6.45) is 1.44. The zero-order valence-corrected chi connectivity index (χ0v) is 13.7. The number of benzene rings is 2. The molecule has 0 aliphatic carbocycles. The topological polar surface area (TPSA) is 35.2 Å². The van der Waals surface area contributed by atoms with E-state index in [1.54, 1.807) is 13.2 Å². The van der Waals surface area contributed by atoms with Gasteiger partial charge in [0.25, 0.3) is 0 Å². The van der Waals surface area contributed by atoms with Gasteiger partial charge in [0.05, 0.1) is 7.11 Å². The highest BCUT2D eigenvalue weighted by Gasteiger charge is 2.12. The quantitative estimate of drug-likeness (QED) is 0.883. The van der Waals surface area contributed by atoms with Crippen molar-refractivity contribution < 1.29 is 4.74 Å². The fourth-order valence-electron chi connectivity index (χ4n) is 2.39. The fourth-order valence-corrected chi connectivity index (χ4v) is 2.88. The van der Waals surface area contributed by atoms with Crippen molar-refractivity contribution in [1.82, 2.24) is 0 Å². The molecular weight excluding hydrogens is 305 g/mol. The molecule has 4 heteroatoms. The average molecular weight is 324 g/mol. The summed E-state index contributed by atoms with van der Waals surface area (Å²) < 4.78 is 5.39. The maximum atomic E-state index is 6.27. The van der Waals surface area contributed by atoms with Gasteiger partial charge in [-0.1, -0.05) is 47.0 Å². The van der Waals surface area contributed by atoms with Gasteiger partial charge in [-0.05, 0) is 49.1 Å². The molecule has 1 atom stereocenters. The van der Waals surface area contributed by atoms with Crippen LogP contribution >= 0.6 is 23.2 Å². The Labute approximate surface area is 135 Å². The Hall–Kier alpha value is -1.22. The third-order valence-electron chi connectivity index (χ3n) is 3.42. The van der Waals surface area contributed by atoms with Gasteiger partial charge in [-0.3, -0.25) is 0 Å². The fraction of sp³-hybridized carbons (Fsp3) is 0.294. The Morgan fingerprint density at radius 1 is 1.05 bits per heavy atom. The van der Waals surface area contributed by atoms with Crippen molar-refractivity contribution in [3.8, 4) is 5.75 Å². The summed E-state index contributed by atoms with van der Waals surface area (Å²) in [5.41, 5.74) is 9.60. The molecule has 0 fully saturated rings. The van der Waals surface area contributed by atoms with Crippen molar-refractivity contribution in [3.05, 3.63) is 63.1 Å². The standard InChI is InChI=1S/C17H19Cl2NO/c1-11-3-6-17(21-2)13(7-11)9-15(20)8-12-4-5-14(18)10-16(12)19/h3-7,10,15H,8-9,20H2,1-2H3. The second kappa shape index (κ2) is 7.17. The lowest BCUT2D eigenvalue weighted by Crippen LogP contribution is -2.26. The molecule has 2 aromatic rings. The van der Waals surface area contributed by atoms with Crippen molar-refractivity contribution in [2.45, 2.75) is 25.8 Å². The molecule has 0 spiro atoms. The number of hydrogen-bond acceptors (Lipinski definition) is 2. The smallest absolute Gasteiger partial charge is 0.122 e. The van der Waals surface area contributed by atoms with Crippen LogP contribution in [0.3, 0.4) is 0 Å². The summed E-state index contributed by atoms with van der Waals surface area (Å²) in [7, 11) is 1.68. The SMILES string of the molecule is COc1ccc(C)cc1CC(N)Cc1ccc(Cl)cc1Cl. The highest BCUT2D eigenvalue weighted by atomic mass is 35.5. The second-order valence-electron chi connectivity index (χ2n) is 5.22. The van der Waals surface area contributed by atoms with Crippen LogP contribution in [0.5, 0.6) is 5.75 Å². The molecule has 1 unspecified atom stereocenters. The molecule has 0 aliphatic rings. The molecule has 0 saturated carbocycles. The monoisotopic (exact) mass is 323 g/mol. The minimum Gasteiger partial charge on any atom is -0.496 e. The first-order valence-electron chi connectivity index (χ1n) is 6.82. The molecule has 0 radical (unpaired) electrons. The zero-order chi connectivity index (χ0) is 15.4. The molecule has 2 aromatic carbocycles. The maximum absolute atomic E-state index is 6.27. The van der Waals surface area contributed by atoms with Gasteiger partial charge in [0, 0.05) is 16.1 Å². The lowest BCUT2D eigenvalue weighted by atomic mass is 9.98. The Bertz CT molecular complexity index is 628. The van der Waals surface area contributed by atoms with E-state index in [9.17, 15) is 0 Å². The third kappa shape index (κ3) is 4.37. The van der Waals surface area contributed by atoms with Crippen molar-refractivity contribution in [2.24, 2.45) is 5.73 Å². The van der Waals surface area contributed by atoms with Crippen LogP contribution < -0.4 is 10.5 Å². The van der Waals surface area contributed by atoms with Gasteiger partial charge in [-0.25, -0.2) is 0 Å². The van der Waals surface area contributed by atoms with E-state index in [0.717, 1.165) is 23.3 Å². The molecule has 21 heavy (non-hydrogen) atoms. The first-order chi connectivity index (χ1) is 9.99. The van der Waals surface area contributed by atoms with E-state index in [2.05, 4.69) is 13.0 Å². The number of nitrogens with two attached hydrogens (primary N) is 1. The van der Waals surface area contributed by atoms with Crippen LogP contribution in [0.4, 0.5) is 0 Å². The molecular formula is C17H19Cl2NO. The highest BCUT2D eigenvalue weighted by molar-refractivity contribution is 6.35. The first kappa shape index (κ1) is 16.2. The van der Waals surface area contributed by atoms with E-state index in [4.69, 9.17) is 33.7 Å². The van der Waals surface area contributed by atoms with E-state index in [0.29, 0.717) is 16.5 Å². The maximum Gasteiger partial charge on any atom is 0.122 e. The van der Waals surface area contributed by atoms with Gasteiger partial charge in [0.2, 0.25) is 0 Å². The normalized spacial score (nSPS) is 12.2. The van der Waals surface area contributed by atoms with Crippen LogP contribution in [0, 0.1) is 6.92 Å². The number of halogens is 2. The summed E-state index contributed by atoms with van der Waals surface area (Å²) in [5.74, 6) is 0.873. The zero-order valence-electron chi connectivity index (χ0n) is 12.2. The van der Waals surface area contributed by atoms with Crippen LogP contribution in [-0.2, 0) is 12.8 Å².